The predicted molar refractivity (Wildman–Crippen MR) is 82.0 cm³/mol. The molecule has 0 atom stereocenters. The van der Waals surface area contributed by atoms with Crippen molar-refractivity contribution in [2.24, 2.45) is 0 Å². The number of rotatable bonds is 3. The monoisotopic (exact) mass is 352 g/mol. The summed E-state index contributed by atoms with van der Waals surface area (Å²) < 4.78 is 41.0. The molecule has 4 rings (SSSR count). The Morgan fingerprint density at radius 2 is 2.08 bits per heavy atom. The molecule has 1 saturated heterocycles. The lowest BCUT2D eigenvalue weighted by Gasteiger charge is -2.18. The second kappa shape index (κ2) is 4.94. The summed E-state index contributed by atoms with van der Waals surface area (Å²) in [5.41, 5.74) is 0.337. The lowest BCUT2D eigenvalue weighted by Crippen LogP contribution is -2.30. The normalized spacial score (nSPS) is 19.5. The smallest absolute Gasteiger partial charge is 0.326 e. The molecule has 1 aromatic carbocycles. The van der Waals surface area contributed by atoms with E-state index >= 15 is 0 Å². The number of hydrogen-bond donors (Lipinski definition) is 3. The van der Waals surface area contributed by atoms with E-state index in [2.05, 4.69) is 9.97 Å². The first-order chi connectivity index (χ1) is 11.4. The SMILES string of the molecule is O=C1CN(c2c(O)ccc(-c3ncc(C4CC4)[nH]3)c2F)S(=O)(=O)N1. The average Bonchev–Trinajstić information content (AvgIpc) is 3.17. The maximum absolute atomic E-state index is 14.9. The second-order valence-electron chi connectivity index (χ2n) is 5.79. The van der Waals surface area contributed by atoms with Crippen LogP contribution < -0.4 is 9.03 Å². The maximum Gasteiger partial charge on any atom is 0.326 e. The topological polar surface area (TPSA) is 115 Å². The average molecular weight is 352 g/mol. The first-order valence-corrected chi connectivity index (χ1v) is 8.71. The summed E-state index contributed by atoms with van der Waals surface area (Å²) in [7, 11) is -4.23. The van der Waals surface area contributed by atoms with Crippen molar-refractivity contribution >= 4 is 21.8 Å². The summed E-state index contributed by atoms with van der Waals surface area (Å²) in [6, 6.07) is 2.48. The first kappa shape index (κ1) is 14.9. The van der Waals surface area contributed by atoms with Crippen molar-refractivity contribution in [2.75, 3.05) is 10.8 Å². The third kappa shape index (κ3) is 2.30. The Kier molecular flexibility index (Phi) is 3.07. The molecule has 2 fully saturated rings. The molecular formula is C14H13FN4O4S. The van der Waals surface area contributed by atoms with Gasteiger partial charge in [-0.25, -0.2) is 18.4 Å². The van der Waals surface area contributed by atoms with E-state index in [1.165, 1.54) is 12.1 Å². The van der Waals surface area contributed by atoms with E-state index in [1.54, 1.807) is 10.9 Å². The number of phenolic OH excluding ortho intramolecular Hbond substituents is 1. The Morgan fingerprint density at radius 1 is 1.33 bits per heavy atom. The number of carbonyl (C=O) groups is 1. The number of aromatic hydroxyl groups is 1. The van der Waals surface area contributed by atoms with Crippen molar-refractivity contribution in [1.29, 1.82) is 0 Å². The van der Waals surface area contributed by atoms with Gasteiger partial charge >= 0.3 is 10.2 Å². The third-order valence-electron chi connectivity index (χ3n) is 4.03. The van der Waals surface area contributed by atoms with Crippen LogP contribution in [0.4, 0.5) is 10.1 Å². The molecule has 1 aliphatic heterocycles. The first-order valence-electron chi connectivity index (χ1n) is 7.27. The van der Waals surface area contributed by atoms with Crippen molar-refractivity contribution in [3.8, 4) is 17.1 Å². The number of H-pyrrole nitrogens is 1. The second-order valence-corrected chi connectivity index (χ2v) is 7.39. The highest BCUT2D eigenvalue weighted by Gasteiger charge is 2.38. The van der Waals surface area contributed by atoms with Crippen molar-refractivity contribution in [1.82, 2.24) is 14.7 Å². The standard InChI is InChI=1S/C14H13FN4O4S/c15-12-8(14-16-5-9(17-14)7-1-2-7)3-4-10(20)13(12)19-6-11(21)18-24(19,22)23/h3-5,7,20H,1-2,6H2,(H,16,17)(H,18,21). The van der Waals surface area contributed by atoms with Crippen LogP contribution >= 0.6 is 0 Å². The molecule has 1 aliphatic carbocycles. The van der Waals surface area contributed by atoms with E-state index in [-0.39, 0.29) is 11.4 Å². The van der Waals surface area contributed by atoms with Gasteiger partial charge in [-0.3, -0.25) is 4.79 Å². The highest BCUT2D eigenvalue weighted by atomic mass is 32.2. The van der Waals surface area contributed by atoms with Crippen molar-refractivity contribution in [2.45, 2.75) is 18.8 Å². The number of amides is 1. The van der Waals surface area contributed by atoms with Crippen molar-refractivity contribution in [3.05, 3.63) is 29.8 Å². The van der Waals surface area contributed by atoms with Crippen molar-refractivity contribution in [3.63, 3.8) is 0 Å². The summed E-state index contributed by atoms with van der Waals surface area (Å²) in [5, 5.41) is 9.93. The number of nitrogens with one attached hydrogen (secondary N) is 2. The Labute approximate surface area is 136 Å². The summed E-state index contributed by atoms with van der Waals surface area (Å²) in [6.07, 6.45) is 3.71. The molecule has 2 aromatic rings. The van der Waals surface area contributed by atoms with E-state index in [9.17, 15) is 22.7 Å². The fourth-order valence-corrected chi connectivity index (χ4v) is 3.86. The molecule has 1 amide bonds. The fourth-order valence-electron chi connectivity index (χ4n) is 2.69. The minimum atomic E-state index is -4.23. The number of halogens is 1. The van der Waals surface area contributed by atoms with Crippen LogP contribution in [0.1, 0.15) is 24.5 Å². The van der Waals surface area contributed by atoms with Gasteiger partial charge in [0.05, 0.1) is 5.56 Å². The van der Waals surface area contributed by atoms with Crippen LogP contribution in [0.3, 0.4) is 0 Å². The van der Waals surface area contributed by atoms with Crippen LogP contribution in [0, 0.1) is 5.82 Å². The summed E-state index contributed by atoms with van der Waals surface area (Å²) >= 11 is 0. The minimum Gasteiger partial charge on any atom is -0.506 e. The molecule has 1 aromatic heterocycles. The zero-order valence-corrected chi connectivity index (χ0v) is 13.1. The zero-order chi connectivity index (χ0) is 17.1. The predicted octanol–water partition coefficient (Wildman–Crippen LogP) is 0.980. The van der Waals surface area contributed by atoms with Gasteiger partial charge in [0.2, 0.25) is 0 Å². The third-order valence-corrected chi connectivity index (χ3v) is 5.41. The van der Waals surface area contributed by atoms with Gasteiger partial charge in [0, 0.05) is 17.8 Å². The van der Waals surface area contributed by atoms with Crippen LogP contribution in [0.25, 0.3) is 11.4 Å². The number of hydrogen-bond acceptors (Lipinski definition) is 5. The molecule has 1 saturated carbocycles. The van der Waals surface area contributed by atoms with E-state index in [1.807, 2.05) is 0 Å². The van der Waals surface area contributed by atoms with Gasteiger partial charge in [-0.05, 0) is 25.0 Å². The quantitative estimate of drug-likeness (QED) is 0.762. The number of benzene rings is 1. The summed E-state index contributed by atoms with van der Waals surface area (Å²) in [4.78, 5) is 18.5. The Bertz CT molecular complexity index is 952. The van der Waals surface area contributed by atoms with Gasteiger partial charge in [-0.1, -0.05) is 0 Å². The Morgan fingerprint density at radius 3 is 2.71 bits per heavy atom. The van der Waals surface area contributed by atoms with Gasteiger partial charge in [0.15, 0.2) is 5.82 Å². The number of imidazole rings is 1. The molecule has 24 heavy (non-hydrogen) atoms. The van der Waals surface area contributed by atoms with Crippen LogP contribution in [0.15, 0.2) is 18.3 Å². The van der Waals surface area contributed by atoms with Crippen LogP contribution in [-0.4, -0.2) is 35.9 Å². The fraction of sp³-hybridized carbons (Fsp3) is 0.286. The van der Waals surface area contributed by atoms with E-state index < -0.39 is 39.9 Å². The largest absolute Gasteiger partial charge is 0.506 e. The van der Waals surface area contributed by atoms with E-state index in [0.29, 0.717) is 10.2 Å². The molecule has 2 aliphatic rings. The molecule has 0 bridgehead atoms. The number of phenols is 1. The molecular weight excluding hydrogens is 339 g/mol. The van der Waals surface area contributed by atoms with Gasteiger partial charge in [0.25, 0.3) is 5.91 Å². The summed E-state index contributed by atoms with van der Waals surface area (Å²) in [6.45, 7) is -0.595. The molecule has 126 valence electrons. The number of nitrogens with zero attached hydrogens (tertiary/aromatic N) is 2. The van der Waals surface area contributed by atoms with Gasteiger partial charge in [-0.15, -0.1) is 0 Å². The van der Waals surface area contributed by atoms with Crippen LogP contribution in [-0.2, 0) is 15.0 Å². The van der Waals surface area contributed by atoms with Gasteiger partial charge in [0.1, 0.15) is 23.8 Å². The lowest BCUT2D eigenvalue weighted by molar-refractivity contribution is -0.117. The molecule has 0 radical (unpaired) electrons. The van der Waals surface area contributed by atoms with Crippen LogP contribution in [0.2, 0.25) is 0 Å². The minimum absolute atomic E-state index is 0.0178. The Balaban J connectivity index is 1.82. The summed E-state index contributed by atoms with van der Waals surface area (Å²) in [5.74, 6) is -1.71. The number of anilines is 1. The highest BCUT2D eigenvalue weighted by molar-refractivity contribution is 7.92. The van der Waals surface area contributed by atoms with Gasteiger partial charge < -0.3 is 10.1 Å². The molecule has 3 N–H and O–H groups in total. The maximum atomic E-state index is 14.9. The molecule has 8 nitrogen and oxygen atoms in total. The highest BCUT2D eigenvalue weighted by Crippen LogP contribution is 2.41. The Hall–Kier alpha value is -2.62. The molecule has 0 spiro atoms. The molecule has 10 heteroatoms. The zero-order valence-electron chi connectivity index (χ0n) is 12.3. The number of aromatic nitrogens is 2. The van der Waals surface area contributed by atoms with E-state index in [0.717, 1.165) is 18.5 Å². The number of carbonyl (C=O) groups excluding carboxylic acids is 1. The lowest BCUT2D eigenvalue weighted by atomic mass is 10.1. The number of aromatic amines is 1. The van der Waals surface area contributed by atoms with E-state index in [4.69, 9.17) is 0 Å². The molecule has 0 unspecified atom stereocenters. The van der Waals surface area contributed by atoms with Crippen molar-refractivity contribution < 1.29 is 22.7 Å². The molecule has 2 heterocycles. The van der Waals surface area contributed by atoms with Crippen LogP contribution in [0.5, 0.6) is 5.75 Å². The van der Waals surface area contributed by atoms with Gasteiger partial charge in [-0.2, -0.15) is 8.42 Å².